The first-order valence-corrected chi connectivity index (χ1v) is 8.64. The molecule has 0 aromatic heterocycles. The third-order valence-electron chi connectivity index (χ3n) is 2.71. The molecule has 0 unspecified atom stereocenters. The van der Waals surface area contributed by atoms with Crippen molar-refractivity contribution in [1.29, 1.82) is 0 Å². The highest BCUT2D eigenvalue weighted by atomic mass is 79.9. The van der Waals surface area contributed by atoms with Crippen LogP contribution in [0.25, 0.3) is 0 Å². The van der Waals surface area contributed by atoms with Crippen molar-refractivity contribution in [2.24, 2.45) is 5.92 Å². The smallest absolute Gasteiger partial charge is 0.322 e. The van der Waals surface area contributed by atoms with Gasteiger partial charge >= 0.3 is 5.97 Å². The van der Waals surface area contributed by atoms with Gasteiger partial charge in [-0.2, -0.15) is 4.72 Å². The standard InChI is InChI=1S/C13H18BrNO5S/c1-4-20-10-6-5-9(14)7-11(10)21(18,19)15-12(8(2)3)13(16)17/h5-8,12,15H,4H2,1-3H3,(H,16,17)/t12-/m0/s1. The second-order valence-corrected chi connectivity index (χ2v) is 7.30. The van der Waals surface area contributed by atoms with E-state index in [1.165, 1.54) is 12.1 Å². The molecule has 0 bridgehead atoms. The van der Waals surface area contributed by atoms with Crippen LogP contribution in [0.4, 0.5) is 0 Å². The molecule has 21 heavy (non-hydrogen) atoms. The Balaban J connectivity index is 3.24. The third-order valence-corrected chi connectivity index (χ3v) is 4.67. The largest absolute Gasteiger partial charge is 0.492 e. The Hall–Kier alpha value is -1.12. The lowest BCUT2D eigenvalue weighted by Gasteiger charge is -2.19. The summed E-state index contributed by atoms with van der Waals surface area (Å²) in [5, 5.41) is 9.11. The quantitative estimate of drug-likeness (QED) is 0.757. The molecule has 0 amide bonds. The van der Waals surface area contributed by atoms with Crippen LogP contribution in [0.15, 0.2) is 27.6 Å². The van der Waals surface area contributed by atoms with Crippen LogP contribution in [0, 0.1) is 5.92 Å². The monoisotopic (exact) mass is 379 g/mol. The van der Waals surface area contributed by atoms with Gasteiger partial charge in [0.1, 0.15) is 16.7 Å². The van der Waals surface area contributed by atoms with Gasteiger partial charge in [0.25, 0.3) is 0 Å². The van der Waals surface area contributed by atoms with Gasteiger partial charge in [-0.15, -0.1) is 0 Å². The number of rotatable bonds is 7. The van der Waals surface area contributed by atoms with E-state index in [1.54, 1.807) is 26.8 Å². The van der Waals surface area contributed by atoms with Gasteiger partial charge in [-0.1, -0.05) is 29.8 Å². The van der Waals surface area contributed by atoms with Crippen molar-refractivity contribution in [3.63, 3.8) is 0 Å². The molecule has 1 atom stereocenters. The van der Waals surface area contributed by atoms with E-state index in [0.29, 0.717) is 11.1 Å². The Morgan fingerprint density at radius 3 is 2.52 bits per heavy atom. The number of hydrogen-bond acceptors (Lipinski definition) is 4. The summed E-state index contributed by atoms with van der Waals surface area (Å²) < 4.78 is 32.9. The third kappa shape index (κ3) is 4.69. The molecule has 0 radical (unpaired) electrons. The molecular formula is C13H18BrNO5S. The highest BCUT2D eigenvalue weighted by Crippen LogP contribution is 2.28. The molecule has 0 aliphatic carbocycles. The van der Waals surface area contributed by atoms with E-state index in [1.807, 2.05) is 0 Å². The second kappa shape index (κ2) is 7.24. The number of benzene rings is 1. The Morgan fingerprint density at radius 1 is 1.43 bits per heavy atom. The molecule has 0 fully saturated rings. The first kappa shape index (κ1) is 17.9. The van der Waals surface area contributed by atoms with Gasteiger partial charge in [0.2, 0.25) is 10.0 Å². The predicted octanol–water partition coefficient (Wildman–Crippen LogP) is 2.24. The zero-order valence-electron chi connectivity index (χ0n) is 12.0. The number of hydrogen-bond donors (Lipinski definition) is 2. The van der Waals surface area contributed by atoms with Gasteiger partial charge in [-0.25, -0.2) is 8.42 Å². The van der Waals surface area contributed by atoms with Gasteiger partial charge in [-0.05, 0) is 31.0 Å². The lowest BCUT2D eigenvalue weighted by atomic mass is 10.1. The van der Waals surface area contributed by atoms with Crippen molar-refractivity contribution in [1.82, 2.24) is 4.72 Å². The molecule has 2 N–H and O–H groups in total. The fourth-order valence-electron chi connectivity index (χ4n) is 1.67. The number of aliphatic carboxylic acids is 1. The topological polar surface area (TPSA) is 92.7 Å². The molecule has 8 heteroatoms. The number of carboxylic acids is 1. The number of nitrogens with one attached hydrogen (secondary N) is 1. The Labute approximate surface area is 132 Å². The molecule has 0 saturated carbocycles. The van der Waals surface area contributed by atoms with E-state index in [2.05, 4.69) is 20.7 Å². The summed E-state index contributed by atoms with van der Waals surface area (Å²) in [6, 6.07) is 3.35. The molecule has 0 aliphatic rings. The first-order chi connectivity index (χ1) is 9.69. The van der Waals surface area contributed by atoms with Gasteiger partial charge in [0.15, 0.2) is 0 Å². The number of carboxylic acid groups (broad SMARTS) is 1. The lowest BCUT2D eigenvalue weighted by Crippen LogP contribution is -2.44. The summed E-state index contributed by atoms with van der Waals surface area (Å²) in [6.45, 7) is 5.30. The van der Waals surface area contributed by atoms with Crippen LogP contribution in [0.5, 0.6) is 5.75 Å². The normalized spacial score (nSPS) is 13.2. The van der Waals surface area contributed by atoms with Crippen LogP contribution in [0.1, 0.15) is 20.8 Å². The average molecular weight is 380 g/mol. The highest BCUT2D eigenvalue weighted by molar-refractivity contribution is 9.10. The number of ether oxygens (including phenoxy) is 1. The maximum absolute atomic E-state index is 12.4. The van der Waals surface area contributed by atoms with Crippen molar-refractivity contribution in [2.75, 3.05) is 6.61 Å². The Kier molecular flexibility index (Phi) is 6.18. The van der Waals surface area contributed by atoms with Crippen LogP contribution in [-0.4, -0.2) is 32.1 Å². The molecule has 0 spiro atoms. The summed E-state index contributed by atoms with van der Waals surface area (Å²) >= 11 is 3.20. The van der Waals surface area contributed by atoms with Gasteiger partial charge in [0, 0.05) is 4.47 Å². The molecule has 118 valence electrons. The lowest BCUT2D eigenvalue weighted by molar-refractivity contribution is -0.140. The number of halogens is 1. The van der Waals surface area contributed by atoms with E-state index in [-0.39, 0.29) is 16.6 Å². The summed E-state index contributed by atoms with van der Waals surface area (Å²) in [5.41, 5.74) is 0. The van der Waals surface area contributed by atoms with Crippen molar-refractivity contribution in [3.05, 3.63) is 22.7 Å². The minimum absolute atomic E-state index is 0.0920. The van der Waals surface area contributed by atoms with Crippen molar-refractivity contribution < 1.29 is 23.1 Å². The van der Waals surface area contributed by atoms with Crippen LogP contribution in [-0.2, 0) is 14.8 Å². The Bertz CT molecular complexity index is 615. The molecule has 1 aromatic rings. The molecule has 0 saturated heterocycles. The number of sulfonamides is 1. The molecule has 0 heterocycles. The minimum Gasteiger partial charge on any atom is -0.492 e. The van der Waals surface area contributed by atoms with Crippen molar-refractivity contribution in [2.45, 2.75) is 31.7 Å². The van der Waals surface area contributed by atoms with Crippen LogP contribution >= 0.6 is 15.9 Å². The summed E-state index contributed by atoms with van der Waals surface area (Å²) in [7, 11) is -4.01. The first-order valence-electron chi connectivity index (χ1n) is 6.36. The van der Waals surface area contributed by atoms with E-state index in [9.17, 15) is 13.2 Å². The Morgan fingerprint density at radius 2 is 2.05 bits per heavy atom. The van der Waals surface area contributed by atoms with Crippen LogP contribution in [0.3, 0.4) is 0 Å². The van der Waals surface area contributed by atoms with Crippen LogP contribution < -0.4 is 9.46 Å². The van der Waals surface area contributed by atoms with Gasteiger partial charge in [-0.3, -0.25) is 4.79 Å². The van der Waals surface area contributed by atoms with Crippen molar-refractivity contribution >= 4 is 31.9 Å². The summed E-state index contributed by atoms with van der Waals surface area (Å²) in [4.78, 5) is 11.1. The molecule has 1 rings (SSSR count). The SMILES string of the molecule is CCOc1ccc(Br)cc1S(=O)(=O)N[C@H](C(=O)O)C(C)C. The van der Waals surface area contributed by atoms with E-state index >= 15 is 0 Å². The minimum atomic E-state index is -4.01. The maximum Gasteiger partial charge on any atom is 0.322 e. The fourth-order valence-corrected chi connectivity index (χ4v) is 3.69. The zero-order valence-corrected chi connectivity index (χ0v) is 14.4. The molecule has 6 nitrogen and oxygen atoms in total. The predicted molar refractivity (Wildman–Crippen MR) is 81.9 cm³/mol. The number of carbonyl (C=O) groups is 1. The molecule has 1 aromatic carbocycles. The zero-order chi connectivity index (χ0) is 16.2. The highest BCUT2D eigenvalue weighted by Gasteiger charge is 2.30. The van der Waals surface area contributed by atoms with Gasteiger partial charge < -0.3 is 9.84 Å². The summed E-state index contributed by atoms with van der Waals surface area (Å²) in [5.74, 6) is -1.43. The maximum atomic E-state index is 12.4. The summed E-state index contributed by atoms with van der Waals surface area (Å²) in [6.07, 6.45) is 0. The van der Waals surface area contributed by atoms with E-state index in [0.717, 1.165) is 0 Å². The van der Waals surface area contributed by atoms with Crippen molar-refractivity contribution in [3.8, 4) is 5.75 Å². The van der Waals surface area contributed by atoms with Gasteiger partial charge in [0.05, 0.1) is 6.61 Å². The fraction of sp³-hybridized carbons (Fsp3) is 0.462. The molecular weight excluding hydrogens is 362 g/mol. The van der Waals surface area contributed by atoms with E-state index < -0.39 is 22.0 Å². The van der Waals surface area contributed by atoms with Crippen LogP contribution in [0.2, 0.25) is 0 Å². The van der Waals surface area contributed by atoms with E-state index in [4.69, 9.17) is 9.84 Å². The second-order valence-electron chi connectivity index (χ2n) is 4.71. The molecule has 0 aliphatic heterocycles. The average Bonchev–Trinajstić information content (AvgIpc) is 2.37.